The molecule has 0 bridgehead atoms. The van der Waals surface area contributed by atoms with Crippen LogP contribution in [0.25, 0.3) is 0 Å². The first-order chi connectivity index (χ1) is 9.09. The summed E-state index contributed by atoms with van der Waals surface area (Å²) in [6.45, 7) is 2.44. The predicted molar refractivity (Wildman–Crippen MR) is 73.8 cm³/mol. The molecule has 0 saturated heterocycles. The second-order valence-corrected chi connectivity index (χ2v) is 5.53. The number of hydrogen-bond acceptors (Lipinski definition) is 2. The molecule has 1 aliphatic rings. The van der Waals surface area contributed by atoms with Gasteiger partial charge in [0.25, 0.3) is 0 Å². The van der Waals surface area contributed by atoms with Gasteiger partial charge in [0.05, 0.1) is 5.60 Å². The molecule has 1 aliphatic carbocycles. The smallest absolute Gasteiger partial charge is 0.123 e. The maximum Gasteiger partial charge on any atom is 0.123 e. The first-order valence-electron chi connectivity index (χ1n) is 6.86. The SMILES string of the molecule is CCOC1(C(O)c2cc(F)ccc2Cl)CCCCC1. The number of benzene rings is 1. The summed E-state index contributed by atoms with van der Waals surface area (Å²) in [7, 11) is 0. The number of aliphatic hydroxyl groups excluding tert-OH is 1. The third kappa shape index (κ3) is 3.10. The highest BCUT2D eigenvalue weighted by molar-refractivity contribution is 6.31. The van der Waals surface area contributed by atoms with E-state index in [1.165, 1.54) is 18.2 Å². The predicted octanol–water partition coefficient (Wildman–Crippen LogP) is 4.25. The Bertz CT molecular complexity index is 425. The molecule has 2 nitrogen and oxygen atoms in total. The van der Waals surface area contributed by atoms with Crippen LogP contribution in [0, 0.1) is 5.82 Å². The number of rotatable bonds is 4. The first-order valence-corrected chi connectivity index (χ1v) is 7.24. The third-order valence-corrected chi connectivity index (χ3v) is 4.23. The average Bonchev–Trinajstić information content (AvgIpc) is 2.42. The Morgan fingerprint density at radius 2 is 2.05 bits per heavy atom. The minimum atomic E-state index is -0.879. The molecule has 1 atom stereocenters. The van der Waals surface area contributed by atoms with Crippen LogP contribution in [0.2, 0.25) is 5.02 Å². The van der Waals surface area contributed by atoms with Crippen LogP contribution < -0.4 is 0 Å². The van der Waals surface area contributed by atoms with Crippen LogP contribution in [0.3, 0.4) is 0 Å². The van der Waals surface area contributed by atoms with E-state index in [9.17, 15) is 9.50 Å². The summed E-state index contributed by atoms with van der Waals surface area (Å²) in [6, 6.07) is 4.09. The summed E-state index contributed by atoms with van der Waals surface area (Å²) in [5, 5.41) is 11.0. The summed E-state index contributed by atoms with van der Waals surface area (Å²) in [6.07, 6.45) is 3.88. The standard InChI is InChI=1S/C15H20ClFO2/c1-2-19-15(8-4-3-5-9-15)14(18)12-10-11(17)6-7-13(12)16/h6-7,10,14,18H,2-5,8-9H2,1H3. The Morgan fingerprint density at radius 1 is 1.37 bits per heavy atom. The van der Waals surface area contributed by atoms with Gasteiger partial charge < -0.3 is 9.84 Å². The molecule has 0 aliphatic heterocycles. The van der Waals surface area contributed by atoms with E-state index in [4.69, 9.17) is 16.3 Å². The largest absolute Gasteiger partial charge is 0.385 e. The third-order valence-electron chi connectivity index (χ3n) is 3.88. The van der Waals surface area contributed by atoms with Gasteiger partial charge in [-0.15, -0.1) is 0 Å². The summed E-state index contributed by atoms with van der Waals surface area (Å²) in [5.74, 6) is -0.388. The zero-order valence-corrected chi connectivity index (χ0v) is 11.9. The van der Waals surface area contributed by atoms with Crippen LogP contribution in [0.1, 0.15) is 50.7 Å². The van der Waals surface area contributed by atoms with Crippen LogP contribution in [-0.4, -0.2) is 17.3 Å². The second kappa shape index (κ2) is 6.21. The number of aliphatic hydroxyl groups is 1. The average molecular weight is 287 g/mol. The van der Waals surface area contributed by atoms with Crippen molar-refractivity contribution in [2.75, 3.05) is 6.61 Å². The van der Waals surface area contributed by atoms with Crippen molar-refractivity contribution < 1.29 is 14.2 Å². The van der Waals surface area contributed by atoms with E-state index in [0.29, 0.717) is 17.2 Å². The van der Waals surface area contributed by atoms with Crippen LogP contribution in [0.5, 0.6) is 0 Å². The van der Waals surface area contributed by atoms with Gasteiger partial charge in [-0.05, 0) is 38.0 Å². The minimum absolute atomic E-state index is 0.388. The normalized spacial score (nSPS) is 20.2. The van der Waals surface area contributed by atoms with Crippen LogP contribution in [0.15, 0.2) is 18.2 Å². The highest BCUT2D eigenvalue weighted by Crippen LogP contribution is 2.43. The van der Waals surface area contributed by atoms with Gasteiger partial charge in [0, 0.05) is 17.2 Å². The fraction of sp³-hybridized carbons (Fsp3) is 0.600. The molecular weight excluding hydrogens is 267 g/mol. The lowest BCUT2D eigenvalue weighted by Crippen LogP contribution is -2.41. The van der Waals surface area contributed by atoms with Gasteiger partial charge in [0.2, 0.25) is 0 Å². The summed E-state index contributed by atoms with van der Waals surface area (Å²) in [5.41, 5.74) is -0.193. The van der Waals surface area contributed by atoms with E-state index in [-0.39, 0.29) is 5.82 Å². The molecule has 0 aromatic heterocycles. The van der Waals surface area contributed by atoms with Gasteiger partial charge >= 0.3 is 0 Å². The Balaban J connectivity index is 2.32. The highest BCUT2D eigenvalue weighted by atomic mass is 35.5. The summed E-state index contributed by atoms with van der Waals surface area (Å²) >= 11 is 6.09. The number of hydrogen-bond donors (Lipinski definition) is 1. The van der Waals surface area contributed by atoms with Crippen LogP contribution in [0.4, 0.5) is 4.39 Å². The Kier molecular flexibility index (Phi) is 4.82. The zero-order chi connectivity index (χ0) is 13.9. The topological polar surface area (TPSA) is 29.5 Å². The van der Waals surface area contributed by atoms with Crippen molar-refractivity contribution in [2.45, 2.75) is 50.7 Å². The van der Waals surface area contributed by atoms with Crippen LogP contribution >= 0.6 is 11.6 Å². The van der Waals surface area contributed by atoms with E-state index in [1.807, 2.05) is 6.92 Å². The van der Waals surface area contributed by atoms with Crippen molar-refractivity contribution in [1.82, 2.24) is 0 Å². The van der Waals surface area contributed by atoms with Crippen LogP contribution in [-0.2, 0) is 4.74 Å². The molecule has 1 fully saturated rings. The zero-order valence-electron chi connectivity index (χ0n) is 11.2. The molecule has 1 N–H and O–H groups in total. The molecular formula is C15H20ClFO2. The van der Waals surface area contributed by atoms with E-state index < -0.39 is 11.7 Å². The molecule has 106 valence electrons. The molecule has 1 aromatic rings. The molecule has 19 heavy (non-hydrogen) atoms. The van der Waals surface area contributed by atoms with Gasteiger partial charge in [0.1, 0.15) is 11.9 Å². The van der Waals surface area contributed by atoms with Crippen molar-refractivity contribution in [3.63, 3.8) is 0 Å². The van der Waals surface area contributed by atoms with Gasteiger partial charge in [-0.2, -0.15) is 0 Å². The summed E-state index contributed by atoms with van der Waals surface area (Å²) < 4.78 is 19.2. The van der Waals surface area contributed by atoms with Crippen molar-refractivity contribution in [3.05, 3.63) is 34.6 Å². The molecule has 1 saturated carbocycles. The number of ether oxygens (including phenoxy) is 1. The molecule has 4 heteroatoms. The maximum atomic E-state index is 13.4. The monoisotopic (exact) mass is 286 g/mol. The Morgan fingerprint density at radius 3 is 2.68 bits per heavy atom. The Hall–Kier alpha value is -0.640. The lowest BCUT2D eigenvalue weighted by atomic mass is 9.78. The lowest BCUT2D eigenvalue weighted by molar-refractivity contribution is -0.141. The molecule has 0 amide bonds. The summed E-state index contributed by atoms with van der Waals surface area (Å²) in [4.78, 5) is 0. The maximum absolute atomic E-state index is 13.4. The molecule has 0 heterocycles. The van der Waals surface area contributed by atoms with E-state index in [1.54, 1.807) is 0 Å². The second-order valence-electron chi connectivity index (χ2n) is 5.13. The van der Waals surface area contributed by atoms with E-state index in [2.05, 4.69) is 0 Å². The molecule has 0 spiro atoms. The molecule has 2 rings (SSSR count). The number of halogens is 2. The van der Waals surface area contributed by atoms with Gasteiger partial charge in [-0.3, -0.25) is 0 Å². The molecule has 0 radical (unpaired) electrons. The van der Waals surface area contributed by atoms with Crippen molar-refractivity contribution in [2.24, 2.45) is 0 Å². The molecule has 1 unspecified atom stereocenters. The van der Waals surface area contributed by atoms with E-state index >= 15 is 0 Å². The van der Waals surface area contributed by atoms with Crippen molar-refractivity contribution in [1.29, 1.82) is 0 Å². The lowest BCUT2D eigenvalue weighted by Gasteiger charge is -2.41. The van der Waals surface area contributed by atoms with Crippen molar-refractivity contribution in [3.8, 4) is 0 Å². The van der Waals surface area contributed by atoms with Gasteiger partial charge in [0.15, 0.2) is 0 Å². The first kappa shape index (κ1) is 14.8. The van der Waals surface area contributed by atoms with Gasteiger partial charge in [-0.1, -0.05) is 30.9 Å². The highest BCUT2D eigenvalue weighted by Gasteiger charge is 2.41. The fourth-order valence-corrected chi connectivity index (χ4v) is 3.16. The van der Waals surface area contributed by atoms with Crippen molar-refractivity contribution >= 4 is 11.6 Å². The Labute approximate surface area is 118 Å². The molecule has 1 aromatic carbocycles. The minimum Gasteiger partial charge on any atom is -0.385 e. The van der Waals surface area contributed by atoms with Gasteiger partial charge in [-0.25, -0.2) is 4.39 Å². The fourth-order valence-electron chi connectivity index (χ4n) is 2.94. The van der Waals surface area contributed by atoms with E-state index in [0.717, 1.165) is 32.1 Å². The quantitative estimate of drug-likeness (QED) is 0.896.